The predicted octanol–water partition coefficient (Wildman–Crippen LogP) is 2.35. The molecule has 1 aromatic rings. The average molecular weight is 401 g/mol. The molecule has 0 amide bonds. The number of guanidine groups is 1. The van der Waals surface area contributed by atoms with Crippen molar-refractivity contribution in [3.8, 4) is 0 Å². The molecule has 1 aliphatic carbocycles. The second-order valence-electron chi connectivity index (χ2n) is 8.83. The largest absolute Gasteiger partial charge is 0.385 e. The van der Waals surface area contributed by atoms with Crippen molar-refractivity contribution in [2.75, 3.05) is 53.6 Å². The Kier molecular flexibility index (Phi) is 6.73. The van der Waals surface area contributed by atoms with Gasteiger partial charge in [0.05, 0.1) is 18.8 Å². The van der Waals surface area contributed by atoms with E-state index in [0.717, 1.165) is 58.3 Å². The first-order chi connectivity index (χ1) is 14.2. The maximum absolute atomic E-state index is 6.14. The van der Waals surface area contributed by atoms with E-state index in [1.165, 1.54) is 24.8 Å². The summed E-state index contributed by atoms with van der Waals surface area (Å²) in [7, 11) is 3.70. The van der Waals surface area contributed by atoms with Crippen LogP contribution < -0.4 is 5.32 Å². The van der Waals surface area contributed by atoms with Gasteiger partial charge in [-0.2, -0.15) is 0 Å². The molecule has 2 saturated heterocycles. The molecule has 1 N–H and O–H groups in total. The summed E-state index contributed by atoms with van der Waals surface area (Å²) < 4.78 is 11.5. The van der Waals surface area contributed by atoms with Crippen LogP contribution in [0.2, 0.25) is 0 Å². The number of fused-ring (bicyclic) bond motifs is 1. The number of nitrogens with zero attached hydrogens (tertiary/aromatic N) is 3. The highest BCUT2D eigenvalue weighted by atomic mass is 16.5. The minimum atomic E-state index is 0.261. The van der Waals surface area contributed by atoms with Crippen LogP contribution in [0.3, 0.4) is 0 Å². The molecular weight excluding hydrogens is 364 g/mol. The molecule has 0 aromatic heterocycles. The minimum Gasteiger partial charge on any atom is -0.385 e. The molecule has 160 valence electrons. The third-order valence-electron chi connectivity index (χ3n) is 7.03. The molecule has 6 heteroatoms. The lowest BCUT2D eigenvalue weighted by molar-refractivity contribution is -0.0502. The summed E-state index contributed by atoms with van der Waals surface area (Å²) in [6.07, 6.45) is 5.31. The van der Waals surface area contributed by atoms with Crippen LogP contribution in [0.15, 0.2) is 35.3 Å². The van der Waals surface area contributed by atoms with E-state index in [-0.39, 0.29) is 6.10 Å². The van der Waals surface area contributed by atoms with Gasteiger partial charge >= 0.3 is 0 Å². The normalized spacial score (nSPS) is 26.8. The van der Waals surface area contributed by atoms with Gasteiger partial charge in [0.15, 0.2) is 5.96 Å². The van der Waals surface area contributed by atoms with Crippen LogP contribution in [-0.2, 0) is 16.0 Å². The van der Waals surface area contributed by atoms with E-state index < -0.39 is 0 Å². The highest BCUT2D eigenvalue weighted by Gasteiger charge is 2.42. The van der Waals surface area contributed by atoms with Crippen LogP contribution in [0.1, 0.15) is 31.2 Å². The molecule has 6 nitrogen and oxygen atoms in total. The third-order valence-corrected chi connectivity index (χ3v) is 7.03. The fourth-order valence-corrected chi connectivity index (χ4v) is 5.05. The average Bonchev–Trinajstić information content (AvgIpc) is 3.15. The fourth-order valence-electron chi connectivity index (χ4n) is 5.05. The van der Waals surface area contributed by atoms with E-state index in [1.807, 2.05) is 7.05 Å². The Labute approximate surface area is 175 Å². The molecule has 29 heavy (non-hydrogen) atoms. The van der Waals surface area contributed by atoms with Gasteiger partial charge in [-0.1, -0.05) is 36.8 Å². The van der Waals surface area contributed by atoms with Gasteiger partial charge in [-0.15, -0.1) is 0 Å². The van der Waals surface area contributed by atoms with Gasteiger partial charge in [0.2, 0.25) is 0 Å². The van der Waals surface area contributed by atoms with Crippen molar-refractivity contribution >= 4 is 5.96 Å². The molecule has 2 atom stereocenters. The number of nitrogens with one attached hydrogen (secondary N) is 1. The standard InChI is InChI=1S/C23H36N4O2/c1-24-22(25-18-23(9-6-10-23)11-13-28-2)27-16-20-21(17-27)29-14-12-26(20)15-19-7-4-3-5-8-19/h3-5,7-8,20-21H,6,9-18H2,1-2H3,(H,24,25). The summed E-state index contributed by atoms with van der Waals surface area (Å²) in [5.41, 5.74) is 1.76. The lowest BCUT2D eigenvalue weighted by Crippen LogP contribution is -2.50. The molecule has 2 heterocycles. The Hall–Kier alpha value is -1.63. The molecule has 0 spiro atoms. The van der Waals surface area contributed by atoms with Gasteiger partial charge in [-0.25, -0.2) is 0 Å². The highest BCUT2D eigenvalue weighted by molar-refractivity contribution is 5.80. The number of likely N-dealkylation sites (tertiary alicyclic amines) is 1. The highest BCUT2D eigenvalue weighted by Crippen LogP contribution is 2.43. The smallest absolute Gasteiger partial charge is 0.193 e. The van der Waals surface area contributed by atoms with Gasteiger partial charge in [-0.3, -0.25) is 9.89 Å². The molecule has 1 saturated carbocycles. The van der Waals surface area contributed by atoms with Crippen LogP contribution in [0.4, 0.5) is 0 Å². The molecule has 3 aliphatic rings. The Morgan fingerprint density at radius 1 is 1.28 bits per heavy atom. The Morgan fingerprint density at radius 3 is 2.79 bits per heavy atom. The van der Waals surface area contributed by atoms with Gasteiger partial charge < -0.3 is 19.7 Å². The first-order valence-electron chi connectivity index (χ1n) is 11.1. The summed E-state index contributed by atoms with van der Waals surface area (Å²) in [4.78, 5) is 9.58. The van der Waals surface area contributed by atoms with Crippen LogP contribution in [-0.4, -0.2) is 81.5 Å². The molecule has 0 bridgehead atoms. The molecule has 3 fully saturated rings. The Bertz CT molecular complexity index is 677. The Morgan fingerprint density at radius 2 is 2.10 bits per heavy atom. The second kappa shape index (κ2) is 9.45. The number of ether oxygens (including phenoxy) is 2. The maximum atomic E-state index is 6.14. The lowest BCUT2D eigenvalue weighted by Gasteiger charge is -2.42. The summed E-state index contributed by atoms with van der Waals surface area (Å²) in [5, 5.41) is 3.68. The van der Waals surface area contributed by atoms with Crippen LogP contribution in [0.5, 0.6) is 0 Å². The number of benzene rings is 1. The number of aliphatic imine (C=N–C) groups is 1. The number of methoxy groups -OCH3 is 1. The van der Waals surface area contributed by atoms with Crippen molar-refractivity contribution in [2.45, 2.75) is 44.4 Å². The molecular formula is C23H36N4O2. The van der Waals surface area contributed by atoms with Crippen molar-refractivity contribution in [3.05, 3.63) is 35.9 Å². The summed E-state index contributed by atoms with van der Waals surface area (Å²) in [5.74, 6) is 1.02. The first kappa shape index (κ1) is 20.6. The van der Waals surface area contributed by atoms with Gasteiger partial charge in [0.25, 0.3) is 0 Å². The van der Waals surface area contributed by atoms with Crippen molar-refractivity contribution < 1.29 is 9.47 Å². The quantitative estimate of drug-likeness (QED) is 0.562. The van der Waals surface area contributed by atoms with Crippen molar-refractivity contribution in [1.29, 1.82) is 0 Å². The van der Waals surface area contributed by atoms with E-state index in [2.05, 4.69) is 50.4 Å². The molecule has 4 rings (SSSR count). The maximum Gasteiger partial charge on any atom is 0.193 e. The van der Waals surface area contributed by atoms with Crippen molar-refractivity contribution in [1.82, 2.24) is 15.1 Å². The zero-order valence-corrected chi connectivity index (χ0v) is 18.0. The van der Waals surface area contributed by atoms with E-state index in [9.17, 15) is 0 Å². The second-order valence-corrected chi connectivity index (χ2v) is 8.83. The molecule has 2 aliphatic heterocycles. The Balaban J connectivity index is 1.35. The zero-order chi connectivity index (χ0) is 20.1. The molecule has 2 unspecified atom stereocenters. The lowest BCUT2D eigenvalue weighted by atomic mass is 9.67. The van der Waals surface area contributed by atoms with E-state index in [1.54, 1.807) is 7.11 Å². The summed E-state index contributed by atoms with van der Waals surface area (Å²) >= 11 is 0. The van der Waals surface area contributed by atoms with E-state index in [0.29, 0.717) is 11.5 Å². The summed E-state index contributed by atoms with van der Waals surface area (Å²) in [6.45, 7) is 6.53. The third kappa shape index (κ3) is 4.76. The van der Waals surface area contributed by atoms with Crippen LogP contribution >= 0.6 is 0 Å². The number of morpholine rings is 1. The monoisotopic (exact) mass is 400 g/mol. The molecule has 1 aromatic carbocycles. The van der Waals surface area contributed by atoms with E-state index in [4.69, 9.17) is 9.47 Å². The van der Waals surface area contributed by atoms with Gasteiger partial charge in [0, 0.05) is 53.5 Å². The first-order valence-corrected chi connectivity index (χ1v) is 11.1. The van der Waals surface area contributed by atoms with E-state index >= 15 is 0 Å². The van der Waals surface area contributed by atoms with Crippen molar-refractivity contribution in [2.24, 2.45) is 10.4 Å². The van der Waals surface area contributed by atoms with Crippen LogP contribution in [0, 0.1) is 5.41 Å². The topological polar surface area (TPSA) is 49.3 Å². The predicted molar refractivity (Wildman–Crippen MR) is 116 cm³/mol. The minimum absolute atomic E-state index is 0.261. The fraction of sp³-hybridized carbons (Fsp3) is 0.696. The summed E-state index contributed by atoms with van der Waals surface area (Å²) in [6, 6.07) is 11.2. The number of hydrogen-bond donors (Lipinski definition) is 1. The van der Waals surface area contributed by atoms with Gasteiger partial charge in [0.1, 0.15) is 0 Å². The number of rotatable bonds is 7. The van der Waals surface area contributed by atoms with Gasteiger partial charge in [-0.05, 0) is 30.2 Å². The number of hydrogen-bond acceptors (Lipinski definition) is 4. The molecule has 0 radical (unpaired) electrons. The SMILES string of the molecule is CN=C(NCC1(CCOC)CCC1)N1CC2OCCN(Cc3ccccc3)C2C1. The van der Waals surface area contributed by atoms with Crippen molar-refractivity contribution in [3.63, 3.8) is 0 Å². The zero-order valence-electron chi connectivity index (χ0n) is 18.0. The van der Waals surface area contributed by atoms with Crippen LogP contribution in [0.25, 0.3) is 0 Å².